The Morgan fingerprint density at radius 2 is 1.78 bits per heavy atom. The van der Waals surface area contributed by atoms with Crippen molar-refractivity contribution in [3.05, 3.63) is 53.6 Å². The predicted octanol–water partition coefficient (Wildman–Crippen LogP) is 1.93. The molecule has 0 saturated heterocycles. The maximum atomic E-state index is 11.8. The van der Waals surface area contributed by atoms with Crippen LogP contribution in [0.25, 0.3) is 0 Å². The fraction of sp³-hybridized carbons (Fsp3) is 0.286. The highest BCUT2D eigenvalue weighted by Crippen LogP contribution is 2.06. The van der Waals surface area contributed by atoms with Crippen LogP contribution >= 0.6 is 0 Å². The van der Waals surface area contributed by atoms with Crippen molar-refractivity contribution in [2.75, 3.05) is 6.54 Å². The second kappa shape index (κ2) is 5.49. The lowest BCUT2D eigenvalue weighted by atomic mass is 10.2. The quantitative estimate of drug-likeness (QED) is 0.892. The normalized spacial score (nSPS) is 10.3. The first-order chi connectivity index (χ1) is 8.68. The molecule has 94 valence electrons. The van der Waals surface area contributed by atoms with E-state index in [-0.39, 0.29) is 5.91 Å². The first-order valence-electron chi connectivity index (χ1n) is 5.99. The van der Waals surface area contributed by atoms with Gasteiger partial charge in [-0.2, -0.15) is 0 Å². The van der Waals surface area contributed by atoms with E-state index >= 15 is 0 Å². The van der Waals surface area contributed by atoms with E-state index in [1.54, 1.807) is 24.5 Å². The number of carbonyl (C=O) groups is 1. The fourth-order valence-electron chi connectivity index (χ4n) is 1.94. The minimum Gasteiger partial charge on any atom is -0.350 e. The minimum absolute atomic E-state index is 0.0557. The number of carbonyl (C=O) groups excluding carboxylic acids is 1. The summed E-state index contributed by atoms with van der Waals surface area (Å²) < 4.78 is 2.19. The fourth-order valence-corrected chi connectivity index (χ4v) is 1.94. The van der Waals surface area contributed by atoms with Crippen LogP contribution < -0.4 is 5.32 Å². The Hall–Kier alpha value is -2.10. The summed E-state index contributed by atoms with van der Waals surface area (Å²) in [5.74, 6) is -0.0557. The average molecular weight is 243 g/mol. The second-order valence-electron chi connectivity index (χ2n) is 4.26. The molecule has 18 heavy (non-hydrogen) atoms. The van der Waals surface area contributed by atoms with Crippen molar-refractivity contribution in [2.45, 2.75) is 20.4 Å². The van der Waals surface area contributed by atoms with Gasteiger partial charge < -0.3 is 9.88 Å². The molecule has 0 aromatic carbocycles. The van der Waals surface area contributed by atoms with Crippen LogP contribution in [0.15, 0.2) is 36.7 Å². The average Bonchev–Trinajstić information content (AvgIpc) is 2.71. The van der Waals surface area contributed by atoms with Gasteiger partial charge in [0.15, 0.2) is 0 Å². The lowest BCUT2D eigenvalue weighted by molar-refractivity contribution is 0.0952. The van der Waals surface area contributed by atoms with E-state index in [0.29, 0.717) is 12.1 Å². The summed E-state index contributed by atoms with van der Waals surface area (Å²) >= 11 is 0. The summed E-state index contributed by atoms with van der Waals surface area (Å²) in [6.07, 6.45) is 3.24. The van der Waals surface area contributed by atoms with Gasteiger partial charge in [0.1, 0.15) is 0 Å². The Morgan fingerprint density at radius 1 is 1.17 bits per heavy atom. The third-order valence-corrected chi connectivity index (χ3v) is 2.98. The minimum atomic E-state index is -0.0557. The van der Waals surface area contributed by atoms with Crippen LogP contribution in [0, 0.1) is 13.8 Å². The van der Waals surface area contributed by atoms with Crippen molar-refractivity contribution in [1.82, 2.24) is 14.9 Å². The molecule has 0 radical (unpaired) electrons. The highest BCUT2D eigenvalue weighted by molar-refractivity contribution is 5.93. The number of amides is 1. The van der Waals surface area contributed by atoms with Crippen LogP contribution in [0.5, 0.6) is 0 Å². The van der Waals surface area contributed by atoms with Gasteiger partial charge in [0.05, 0.1) is 0 Å². The molecule has 0 spiro atoms. The number of rotatable bonds is 4. The van der Waals surface area contributed by atoms with Crippen LogP contribution in [0.4, 0.5) is 0 Å². The zero-order valence-corrected chi connectivity index (χ0v) is 10.7. The summed E-state index contributed by atoms with van der Waals surface area (Å²) in [7, 11) is 0. The monoisotopic (exact) mass is 243 g/mol. The molecule has 0 saturated carbocycles. The summed E-state index contributed by atoms with van der Waals surface area (Å²) in [4.78, 5) is 15.7. The molecule has 2 aromatic heterocycles. The topological polar surface area (TPSA) is 46.9 Å². The Bertz CT molecular complexity index is 512. The van der Waals surface area contributed by atoms with Crippen molar-refractivity contribution < 1.29 is 4.79 Å². The third-order valence-electron chi connectivity index (χ3n) is 2.98. The SMILES string of the molecule is Cc1ccc(C)n1CCNC(=O)c1ccncc1. The Labute approximate surface area is 107 Å². The first kappa shape index (κ1) is 12.4. The molecule has 2 rings (SSSR count). The summed E-state index contributed by atoms with van der Waals surface area (Å²) in [6.45, 7) is 5.55. The van der Waals surface area contributed by atoms with Crippen LogP contribution in [-0.2, 0) is 6.54 Å². The summed E-state index contributed by atoms with van der Waals surface area (Å²) in [5, 5.41) is 2.90. The Balaban J connectivity index is 1.88. The summed E-state index contributed by atoms with van der Waals surface area (Å²) in [6, 6.07) is 7.59. The standard InChI is InChI=1S/C14H17N3O/c1-11-3-4-12(2)17(11)10-9-16-14(18)13-5-7-15-8-6-13/h3-8H,9-10H2,1-2H3,(H,16,18). The van der Waals surface area contributed by atoms with Gasteiger partial charge in [-0.1, -0.05) is 0 Å². The number of aromatic nitrogens is 2. The molecular weight excluding hydrogens is 226 g/mol. The lowest BCUT2D eigenvalue weighted by Gasteiger charge is -2.10. The van der Waals surface area contributed by atoms with Crippen molar-refractivity contribution in [3.63, 3.8) is 0 Å². The van der Waals surface area contributed by atoms with E-state index in [1.807, 2.05) is 0 Å². The third kappa shape index (κ3) is 2.77. The van der Waals surface area contributed by atoms with Gasteiger partial charge in [0.25, 0.3) is 5.91 Å². The number of pyridine rings is 1. The van der Waals surface area contributed by atoms with Crippen LogP contribution in [0.2, 0.25) is 0 Å². The molecule has 4 nitrogen and oxygen atoms in total. The Kier molecular flexibility index (Phi) is 3.77. The van der Waals surface area contributed by atoms with E-state index in [4.69, 9.17) is 0 Å². The van der Waals surface area contributed by atoms with E-state index in [2.05, 4.69) is 40.8 Å². The maximum absolute atomic E-state index is 11.8. The van der Waals surface area contributed by atoms with Crippen molar-refractivity contribution in [3.8, 4) is 0 Å². The first-order valence-corrected chi connectivity index (χ1v) is 5.99. The number of nitrogens with zero attached hydrogens (tertiary/aromatic N) is 2. The molecule has 0 aliphatic carbocycles. The van der Waals surface area contributed by atoms with Gasteiger partial charge in [-0.3, -0.25) is 9.78 Å². The maximum Gasteiger partial charge on any atom is 0.251 e. The number of hydrogen-bond donors (Lipinski definition) is 1. The molecule has 0 aliphatic heterocycles. The van der Waals surface area contributed by atoms with Gasteiger partial charge in [0, 0.05) is 42.4 Å². The molecule has 1 amide bonds. The largest absolute Gasteiger partial charge is 0.350 e. The highest BCUT2D eigenvalue weighted by Gasteiger charge is 2.05. The van der Waals surface area contributed by atoms with Gasteiger partial charge >= 0.3 is 0 Å². The molecule has 0 unspecified atom stereocenters. The highest BCUT2D eigenvalue weighted by atomic mass is 16.1. The number of hydrogen-bond acceptors (Lipinski definition) is 2. The molecule has 0 fully saturated rings. The van der Waals surface area contributed by atoms with Crippen molar-refractivity contribution in [2.24, 2.45) is 0 Å². The van der Waals surface area contributed by atoms with Crippen LogP contribution in [0.3, 0.4) is 0 Å². The molecule has 4 heteroatoms. The van der Waals surface area contributed by atoms with Gasteiger partial charge in [0.2, 0.25) is 0 Å². The van der Waals surface area contributed by atoms with E-state index in [1.165, 1.54) is 11.4 Å². The van der Waals surface area contributed by atoms with E-state index < -0.39 is 0 Å². The molecule has 0 aliphatic rings. The van der Waals surface area contributed by atoms with Crippen LogP contribution in [-0.4, -0.2) is 22.0 Å². The smallest absolute Gasteiger partial charge is 0.251 e. The van der Waals surface area contributed by atoms with Crippen molar-refractivity contribution >= 4 is 5.91 Å². The molecular formula is C14H17N3O. The number of aryl methyl sites for hydroxylation is 2. The van der Waals surface area contributed by atoms with Gasteiger partial charge in [-0.15, -0.1) is 0 Å². The molecule has 1 N–H and O–H groups in total. The number of nitrogens with one attached hydrogen (secondary N) is 1. The second-order valence-corrected chi connectivity index (χ2v) is 4.26. The Morgan fingerprint density at radius 3 is 2.39 bits per heavy atom. The van der Waals surface area contributed by atoms with E-state index in [9.17, 15) is 4.79 Å². The molecule has 0 atom stereocenters. The van der Waals surface area contributed by atoms with Gasteiger partial charge in [-0.05, 0) is 38.1 Å². The molecule has 0 bridgehead atoms. The van der Waals surface area contributed by atoms with Gasteiger partial charge in [-0.25, -0.2) is 0 Å². The zero-order chi connectivity index (χ0) is 13.0. The zero-order valence-electron chi connectivity index (χ0n) is 10.7. The molecule has 2 aromatic rings. The van der Waals surface area contributed by atoms with Crippen molar-refractivity contribution in [1.29, 1.82) is 0 Å². The molecule has 2 heterocycles. The predicted molar refractivity (Wildman–Crippen MR) is 70.5 cm³/mol. The lowest BCUT2D eigenvalue weighted by Crippen LogP contribution is -2.27. The van der Waals surface area contributed by atoms with Crippen LogP contribution in [0.1, 0.15) is 21.7 Å². The summed E-state index contributed by atoms with van der Waals surface area (Å²) in [5.41, 5.74) is 3.07. The van der Waals surface area contributed by atoms with E-state index in [0.717, 1.165) is 6.54 Å².